The number of hydrogen-bond acceptors (Lipinski definition) is 2. The number of nitrogens with one attached hydrogen (secondary N) is 1. The summed E-state index contributed by atoms with van der Waals surface area (Å²) in [5.74, 6) is 0.0536. The first-order valence-corrected chi connectivity index (χ1v) is 5.64. The van der Waals surface area contributed by atoms with Gasteiger partial charge >= 0.3 is 6.03 Å². The maximum absolute atomic E-state index is 11.7. The second-order valence-electron chi connectivity index (χ2n) is 3.95. The summed E-state index contributed by atoms with van der Waals surface area (Å²) in [7, 11) is 0. The maximum atomic E-state index is 11.7. The molecule has 1 unspecified atom stereocenters. The summed E-state index contributed by atoms with van der Waals surface area (Å²) in [6.07, 6.45) is 0. The molecule has 0 aliphatic rings. The molecular formula is C10H21N3OS. The quantitative estimate of drug-likeness (QED) is 0.702. The van der Waals surface area contributed by atoms with Gasteiger partial charge in [-0.25, -0.2) is 4.79 Å². The number of nitrogens with two attached hydrogens (primary N) is 1. The lowest BCUT2D eigenvalue weighted by Crippen LogP contribution is -2.45. The zero-order chi connectivity index (χ0) is 12.0. The minimum atomic E-state index is -0.0596. The van der Waals surface area contributed by atoms with Crippen LogP contribution in [0.2, 0.25) is 0 Å². The van der Waals surface area contributed by atoms with E-state index in [1.807, 2.05) is 27.7 Å². The Morgan fingerprint density at radius 3 is 2.33 bits per heavy atom. The van der Waals surface area contributed by atoms with Gasteiger partial charge in [0, 0.05) is 25.0 Å². The lowest BCUT2D eigenvalue weighted by molar-refractivity contribution is 0.195. The van der Waals surface area contributed by atoms with E-state index in [2.05, 4.69) is 5.32 Å². The molecule has 0 saturated carbocycles. The molecule has 0 aliphatic heterocycles. The van der Waals surface area contributed by atoms with Crippen molar-refractivity contribution in [3.05, 3.63) is 0 Å². The van der Waals surface area contributed by atoms with Crippen LogP contribution >= 0.6 is 12.2 Å². The van der Waals surface area contributed by atoms with E-state index in [0.29, 0.717) is 18.1 Å². The van der Waals surface area contributed by atoms with E-state index in [0.717, 1.165) is 0 Å². The van der Waals surface area contributed by atoms with E-state index in [1.165, 1.54) is 0 Å². The van der Waals surface area contributed by atoms with Crippen LogP contribution in [0.4, 0.5) is 4.79 Å². The number of carbonyl (C=O) groups is 1. The largest absolute Gasteiger partial charge is 0.393 e. The van der Waals surface area contributed by atoms with Gasteiger partial charge in [0.05, 0.1) is 4.99 Å². The van der Waals surface area contributed by atoms with Gasteiger partial charge < -0.3 is 16.0 Å². The highest BCUT2D eigenvalue weighted by Gasteiger charge is 2.16. The van der Waals surface area contributed by atoms with Crippen molar-refractivity contribution < 1.29 is 4.79 Å². The van der Waals surface area contributed by atoms with Crippen LogP contribution in [0, 0.1) is 5.92 Å². The third-order valence-electron chi connectivity index (χ3n) is 2.06. The molecule has 0 aromatic rings. The third kappa shape index (κ3) is 5.57. The Hall–Kier alpha value is -0.840. The Balaban J connectivity index is 4.24. The molecule has 5 heteroatoms. The van der Waals surface area contributed by atoms with Crippen LogP contribution in [-0.2, 0) is 0 Å². The molecule has 88 valence electrons. The van der Waals surface area contributed by atoms with Crippen molar-refractivity contribution >= 4 is 23.2 Å². The Morgan fingerprint density at radius 1 is 1.47 bits per heavy atom. The van der Waals surface area contributed by atoms with Gasteiger partial charge in [-0.05, 0) is 20.8 Å². The molecule has 0 aliphatic carbocycles. The van der Waals surface area contributed by atoms with E-state index >= 15 is 0 Å². The SMILES string of the molecule is CCN(CC(C)C(N)=S)C(=O)NC(C)C. The summed E-state index contributed by atoms with van der Waals surface area (Å²) in [5.41, 5.74) is 5.51. The van der Waals surface area contributed by atoms with Gasteiger partial charge in [-0.2, -0.15) is 0 Å². The van der Waals surface area contributed by atoms with Crippen LogP contribution in [-0.4, -0.2) is 35.1 Å². The van der Waals surface area contributed by atoms with Gasteiger partial charge in [0.25, 0.3) is 0 Å². The molecule has 0 aromatic carbocycles. The fraction of sp³-hybridized carbons (Fsp3) is 0.800. The standard InChI is InChI=1S/C10H21N3OS/c1-5-13(6-8(4)9(11)15)10(14)12-7(2)3/h7-8H,5-6H2,1-4H3,(H2,11,15)(H,12,14). The van der Waals surface area contributed by atoms with Gasteiger partial charge in [0.2, 0.25) is 0 Å². The summed E-state index contributed by atoms with van der Waals surface area (Å²) in [6, 6.07) is 0.0854. The highest BCUT2D eigenvalue weighted by molar-refractivity contribution is 7.80. The number of carbonyl (C=O) groups excluding carboxylic acids is 1. The molecular weight excluding hydrogens is 210 g/mol. The van der Waals surface area contributed by atoms with Crippen molar-refractivity contribution in [2.45, 2.75) is 33.7 Å². The van der Waals surface area contributed by atoms with Gasteiger partial charge in [-0.1, -0.05) is 19.1 Å². The molecule has 0 fully saturated rings. The molecule has 0 saturated heterocycles. The first kappa shape index (κ1) is 14.2. The van der Waals surface area contributed by atoms with E-state index in [9.17, 15) is 4.79 Å². The van der Waals surface area contributed by atoms with E-state index in [-0.39, 0.29) is 18.0 Å². The second-order valence-corrected chi connectivity index (χ2v) is 4.42. The van der Waals surface area contributed by atoms with Crippen LogP contribution in [0.25, 0.3) is 0 Å². The Kier molecular flexibility index (Phi) is 6.24. The summed E-state index contributed by atoms with van der Waals surface area (Å²) in [4.78, 5) is 13.8. The number of hydrogen-bond donors (Lipinski definition) is 2. The first-order valence-electron chi connectivity index (χ1n) is 5.23. The molecule has 0 aromatic heterocycles. The topological polar surface area (TPSA) is 58.4 Å². The smallest absolute Gasteiger partial charge is 0.317 e. The van der Waals surface area contributed by atoms with E-state index < -0.39 is 0 Å². The normalized spacial score (nSPS) is 12.3. The average molecular weight is 231 g/mol. The van der Waals surface area contributed by atoms with Crippen molar-refractivity contribution in [3.63, 3.8) is 0 Å². The molecule has 1 atom stereocenters. The Morgan fingerprint density at radius 2 is 2.00 bits per heavy atom. The molecule has 0 rings (SSSR count). The van der Waals surface area contributed by atoms with Gasteiger partial charge in [-0.15, -0.1) is 0 Å². The van der Waals surface area contributed by atoms with Crippen molar-refractivity contribution in [3.8, 4) is 0 Å². The predicted octanol–water partition coefficient (Wildman–Crippen LogP) is 1.35. The lowest BCUT2D eigenvalue weighted by Gasteiger charge is -2.25. The fourth-order valence-corrected chi connectivity index (χ4v) is 1.19. The zero-order valence-electron chi connectivity index (χ0n) is 9.91. The number of nitrogens with zero attached hydrogens (tertiary/aromatic N) is 1. The summed E-state index contributed by atoms with van der Waals surface area (Å²) in [6.45, 7) is 8.96. The van der Waals surface area contributed by atoms with E-state index in [4.69, 9.17) is 18.0 Å². The highest BCUT2D eigenvalue weighted by atomic mass is 32.1. The van der Waals surface area contributed by atoms with Crippen molar-refractivity contribution in [2.24, 2.45) is 11.7 Å². The first-order chi connectivity index (χ1) is 6.88. The van der Waals surface area contributed by atoms with Crippen molar-refractivity contribution in [1.29, 1.82) is 0 Å². The minimum Gasteiger partial charge on any atom is -0.393 e. The monoisotopic (exact) mass is 231 g/mol. The number of thiocarbonyl (C=S) groups is 1. The van der Waals surface area contributed by atoms with E-state index in [1.54, 1.807) is 4.90 Å². The molecule has 4 nitrogen and oxygen atoms in total. The van der Waals surface area contributed by atoms with Gasteiger partial charge in [0.1, 0.15) is 0 Å². The molecule has 0 bridgehead atoms. The van der Waals surface area contributed by atoms with Crippen LogP contribution in [0.3, 0.4) is 0 Å². The highest BCUT2D eigenvalue weighted by Crippen LogP contribution is 2.01. The average Bonchev–Trinajstić information content (AvgIpc) is 2.11. The Bertz CT molecular complexity index is 231. The molecule has 15 heavy (non-hydrogen) atoms. The molecule has 3 N–H and O–H groups in total. The lowest BCUT2D eigenvalue weighted by atomic mass is 10.1. The molecule has 0 heterocycles. The maximum Gasteiger partial charge on any atom is 0.317 e. The predicted molar refractivity (Wildman–Crippen MR) is 66.9 cm³/mol. The van der Waals surface area contributed by atoms with Crippen LogP contribution in [0.15, 0.2) is 0 Å². The van der Waals surface area contributed by atoms with Crippen LogP contribution in [0.5, 0.6) is 0 Å². The molecule has 2 amide bonds. The third-order valence-corrected chi connectivity index (χ3v) is 2.46. The minimum absolute atomic E-state index is 0.0536. The number of amides is 2. The summed E-state index contributed by atoms with van der Waals surface area (Å²) < 4.78 is 0. The molecule has 0 spiro atoms. The van der Waals surface area contributed by atoms with Crippen LogP contribution in [0.1, 0.15) is 27.7 Å². The van der Waals surface area contributed by atoms with Crippen LogP contribution < -0.4 is 11.1 Å². The summed E-state index contributed by atoms with van der Waals surface area (Å²) >= 11 is 4.88. The van der Waals surface area contributed by atoms with Gasteiger partial charge in [-0.3, -0.25) is 0 Å². The fourth-order valence-electron chi connectivity index (χ4n) is 1.11. The van der Waals surface area contributed by atoms with Gasteiger partial charge in [0.15, 0.2) is 0 Å². The number of rotatable bonds is 5. The Labute approximate surface area is 97.2 Å². The molecule has 0 radical (unpaired) electrons. The van der Waals surface area contributed by atoms with Crippen molar-refractivity contribution in [2.75, 3.05) is 13.1 Å². The van der Waals surface area contributed by atoms with Crippen molar-refractivity contribution in [1.82, 2.24) is 10.2 Å². The summed E-state index contributed by atoms with van der Waals surface area (Å²) in [5, 5.41) is 2.84. The number of urea groups is 1. The zero-order valence-corrected chi connectivity index (χ0v) is 10.7. The second kappa shape index (κ2) is 6.61.